The van der Waals surface area contributed by atoms with Crippen LogP contribution in [0.4, 0.5) is 5.69 Å². The van der Waals surface area contributed by atoms with Gasteiger partial charge >= 0.3 is 0 Å². The molecule has 5 nitrogen and oxygen atoms in total. The molecule has 0 bridgehead atoms. The summed E-state index contributed by atoms with van der Waals surface area (Å²) in [7, 11) is 0. The molecule has 1 aromatic carbocycles. The Balaban J connectivity index is 1.55. The van der Waals surface area contributed by atoms with Crippen LogP contribution in [0.25, 0.3) is 10.9 Å². The van der Waals surface area contributed by atoms with E-state index in [1.54, 1.807) is 0 Å². The lowest BCUT2D eigenvalue weighted by atomic mass is 9.73. The van der Waals surface area contributed by atoms with Gasteiger partial charge in [-0.2, -0.15) is 5.10 Å². The van der Waals surface area contributed by atoms with Crippen molar-refractivity contribution in [3.8, 4) is 0 Å². The predicted molar refractivity (Wildman–Crippen MR) is 91.8 cm³/mol. The second-order valence-electron chi connectivity index (χ2n) is 6.84. The van der Waals surface area contributed by atoms with Gasteiger partial charge < -0.3 is 10.2 Å². The van der Waals surface area contributed by atoms with E-state index in [1.807, 2.05) is 18.3 Å². The minimum atomic E-state index is 0.208. The third-order valence-corrected chi connectivity index (χ3v) is 5.74. The van der Waals surface area contributed by atoms with Crippen LogP contribution in [-0.4, -0.2) is 35.7 Å². The molecular weight excluding hydrogens is 312 g/mol. The third-order valence-electron chi connectivity index (χ3n) is 5.53. The average Bonchev–Trinajstić information content (AvgIpc) is 2.94. The van der Waals surface area contributed by atoms with Crippen LogP contribution in [-0.2, 0) is 4.79 Å². The molecular formula is C17H21ClN4O. The van der Waals surface area contributed by atoms with Gasteiger partial charge in [0.05, 0.1) is 11.7 Å². The van der Waals surface area contributed by atoms with Gasteiger partial charge in [-0.25, -0.2) is 0 Å². The maximum absolute atomic E-state index is 11.6. The highest BCUT2D eigenvalue weighted by Gasteiger charge is 2.36. The molecule has 6 heteroatoms. The van der Waals surface area contributed by atoms with Gasteiger partial charge in [0.25, 0.3) is 0 Å². The first kappa shape index (κ1) is 14.8. The lowest BCUT2D eigenvalue weighted by Gasteiger charge is -2.42. The number of hydrogen-bond donors (Lipinski definition) is 2. The number of nitrogens with one attached hydrogen (secondary N) is 2. The molecule has 1 amide bonds. The number of rotatable bonds is 1. The molecule has 0 saturated carbocycles. The normalized spacial score (nSPS) is 21.4. The number of carbonyl (C=O) groups is 1. The Labute approximate surface area is 140 Å². The van der Waals surface area contributed by atoms with Crippen molar-refractivity contribution in [1.29, 1.82) is 0 Å². The van der Waals surface area contributed by atoms with Crippen LogP contribution in [0, 0.1) is 5.41 Å². The molecule has 1 aromatic heterocycles. The van der Waals surface area contributed by atoms with Gasteiger partial charge in [0.2, 0.25) is 5.91 Å². The molecule has 2 aliphatic heterocycles. The summed E-state index contributed by atoms with van der Waals surface area (Å²) in [5, 5.41) is 12.0. The van der Waals surface area contributed by atoms with E-state index in [0.29, 0.717) is 11.8 Å². The fourth-order valence-corrected chi connectivity index (χ4v) is 4.25. The summed E-state index contributed by atoms with van der Waals surface area (Å²) in [6.07, 6.45) is 6.93. The largest absolute Gasteiger partial charge is 0.371 e. The number of fused-ring (bicyclic) bond motifs is 1. The van der Waals surface area contributed by atoms with Crippen molar-refractivity contribution in [2.45, 2.75) is 32.1 Å². The number of hydrogen-bond acceptors (Lipinski definition) is 3. The first-order valence-electron chi connectivity index (χ1n) is 8.30. The number of amides is 1. The van der Waals surface area contributed by atoms with Crippen molar-refractivity contribution in [3.63, 3.8) is 0 Å². The van der Waals surface area contributed by atoms with Crippen LogP contribution in [0.3, 0.4) is 0 Å². The monoisotopic (exact) mass is 332 g/mol. The van der Waals surface area contributed by atoms with Crippen molar-refractivity contribution in [2.75, 3.05) is 24.5 Å². The number of carbonyl (C=O) groups excluding carboxylic acids is 1. The molecule has 23 heavy (non-hydrogen) atoms. The molecule has 3 heterocycles. The summed E-state index contributed by atoms with van der Waals surface area (Å²) in [4.78, 5) is 14.0. The molecule has 0 aliphatic carbocycles. The van der Waals surface area contributed by atoms with Crippen LogP contribution >= 0.6 is 11.6 Å². The van der Waals surface area contributed by atoms with Gasteiger partial charge in [0.1, 0.15) is 0 Å². The molecule has 2 N–H and O–H groups in total. The highest BCUT2D eigenvalue weighted by atomic mass is 35.5. The summed E-state index contributed by atoms with van der Waals surface area (Å²) in [6, 6.07) is 3.96. The maximum Gasteiger partial charge on any atom is 0.220 e. The summed E-state index contributed by atoms with van der Waals surface area (Å²) < 4.78 is 0. The minimum Gasteiger partial charge on any atom is -0.371 e. The van der Waals surface area contributed by atoms with Crippen LogP contribution < -0.4 is 10.2 Å². The number of aromatic nitrogens is 2. The average molecular weight is 333 g/mol. The Kier molecular flexibility index (Phi) is 3.68. The van der Waals surface area contributed by atoms with Crippen molar-refractivity contribution >= 4 is 34.1 Å². The summed E-state index contributed by atoms with van der Waals surface area (Å²) in [5.74, 6) is 0.208. The second kappa shape index (κ2) is 5.71. The van der Waals surface area contributed by atoms with Crippen LogP contribution in [0.15, 0.2) is 18.3 Å². The molecule has 0 atom stereocenters. The fourth-order valence-electron chi connectivity index (χ4n) is 4.04. The van der Waals surface area contributed by atoms with E-state index in [4.69, 9.17) is 11.6 Å². The van der Waals surface area contributed by atoms with E-state index in [0.717, 1.165) is 61.2 Å². The number of benzene rings is 1. The third kappa shape index (κ3) is 2.78. The predicted octanol–water partition coefficient (Wildman–Crippen LogP) is 3.10. The standard InChI is InChI=1S/C17H21ClN4O/c18-12-9-14-13(11-20-21-14)15(10-12)22-7-4-17(5-8-22)2-1-16(23)19-6-3-17/h9-11H,1-8H2,(H,19,23)(H,20,21). The Hall–Kier alpha value is -1.75. The number of H-pyrrole nitrogens is 1. The number of halogens is 1. The van der Waals surface area contributed by atoms with E-state index in [2.05, 4.69) is 20.4 Å². The van der Waals surface area contributed by atoms with E-state index in [9.17, 15) is 4.79 Å². The number of aromatic amines is 1. The molecule has 2 fully saturated rings. The smallest absolute Gasteiger partial charge is 0.220 e. The molecule has 2 saturated heterocycles. The summed E-state index contributed by atoms with van der Waals surface area (Å²) >= 11 is 6.26. The Morgan fingerprint density at radius 3 is 2.83 bits per heavy atom. The Bertz CT molecular complexity index is 733. The molecule has 122 valence electrons. The van der Waals surface area contributed by atoms with Crippen molar-refractivity contribution < 1.29 is 4.79 Å². The number of anilines is 1. The first-order valence-corrected chi connectivity index (χ1v) is 8.67. The van der Waals surface area contributed by atoms with E-state index in [1.165, 1.54) is 5.69 Å². The Morgan fingerprint density at radius 2 is 2.00 bits per heavy atom. The van der Waals surface area contributed by atoms with Crippen molar-refractivity contribution in [1.82, 2.24) is 15.5 Å². The zero-order valence-corrected chi connectivity index (χ0v) is 13.8. The van der Waals surface area contributed by atoms with E-state index in [-0.39, 0.29) is 5.91 Å². The lowest BCUT2D eigenvalue weighted by Crippen LogP contribution is -2.40. The molecule has 4 rings (SSSR count). The number of piperidine rings is 1. The van der Waals surface area contributed by atoms with Gasteiger partial charge in [-0.15, -0.1) is 0 Å². The topological polar surface area (TPSA) is 61.0 Å². The minimum absolute atomic E-state index is 0.208. The molecule has 1 spiro atoms. The van der Waals surface area contributed by atoms with Gasteiger partial charge in [-0.3, -0.25) is 9.89 Å². The van der Waals surface area contributed by atoms with E-state index >= 15 is 0 Å². The lowest BCUT2D eigenvalue weighted by molar-refractivity contribution is -0.120. The summed E-state index contributed by atoms with van der Waals surface area (Å²) in [6.45, 7) is 2.84. The summed E-state index contributed by atoms with van der Waals surface area (Å²) in [5.41, 5.74) is 2.47. The first-order chi connectivity index (χ1) is 11.2. The van der Waals surface area contributed by atoms with Gasteiger partial charge in [0, 0.05) is 42.2 Å². The highest BCUT2D eigenvalue weighted by Crippen LogP contribution is 2.42. The van der Waals surface area contributed by atoms with Gasteiger partial charge in [-0.1, -0.05) is 11.6 Å². The zero-order chi connectivity index (χ0) is 15.9. The quantitative estimate of drug-likeness (QED) is 0.843. The molecule has 0 unspecified atom stereocenters. The highest BCUT2D eigenvalue weighted by molar-refractivity contribution is 6.31. The molecule has 2 aromatic rings. The fraction of sp³-hybridized carbons (Fsp3) is 0.529. The van der Waals surface area contributed by atoms with Crippen molar-refractivity contribution in [2.24, 2.45) is 5.41 Å². The van der Waals surface area contributed by atoms with Crippen molar-refractivity contribution in [3.05, 3.63) is 23.4 Å². The molecule has 2 aliphatic rings. The zero-order valence-electron chi connectivity index (χ0n) is 13.1. The van der Waals surface area contributed by atoms with E-state index < -0.39 is 0 Å². The van der Waals surface area contributed by atoms with Crippen LogP contribution in [0.2, 0.25) is 5.02 Å². The second-order valence-corrected chi connectivity index (χ2v) is 7.28. The van der Waals surface area contributed by atoms with Gasteiger partial charge in [0.15, 0.2) is 0 Å². The molecule has 0 radical (unpaired) electrons. The number of nitrogens with zero attached hydrogens (tertiary/aromatic N) is 2. The maximum atomic E-state index is 11.6. The SMILES string of the molecule is O=C1CCC2(CCN1)CCN(c1cc(Cl)cc3[nH]ncc13)CC2. The van der Waals surface area contributed by atoms with Crippen LogP contribution in [0.1, 0.15) is 32.1 Å². The Morgan fingerprint density at radius 1 is 1.17 bits per heavy atom. The van der Waals surface area contributed by atoms with Crippen LogP contribution in [0.5, 0.6) is 0 Å². The van der Waals surface area contributed by atoms with Gasteiger partial charge in [-0.05, 0) is 43.2 Å².